The van der Waals surface area contributed by atoms with E-state index in [1.54, 1.807) is 24.3 Å². The molecule has 0 bridgehead atoms. The Morgan fingerprint density at radius 2 is 1.79 bits per heavy atom. The predicted molar refractivity (Wildman–Crippen MR) is 72.4 cm³/mol. The van der Waals surface area contributed by atoms with Crippen LogP contribution in [-0.2, 0) is 6.61 Å². The molecule has 0 saturated heterocycles. The van der Waals surface area contributed by atoms with Gasteiger partial charge in [0, 0.05) is 11.1 Å². The van der Waals surface area contributed by atoms with Crippen molar-refractivity contribution < 1.29 is 14.2 Å². The first kappa shape index (κ1) is 13.6. The van der Waals surface area contributed by atoms with Crippen LogP contribution in [-0.4, -0.2) is 5.11 Å². The van der Waals surface area contributed by atoms with Crippen LogP contribution >= 0.6 is 0 Å². The van der Waals surface area contributed by atoms with E-state index in [1.807, 2.05) is 25.1 Å². The third kappa shape index (κ3) is 3.32. The summed E-state index contributed by atoms with van der Waals surface area (Å²) in [5.41, 5.74) is 1.24. The molecule has 19 heavy (non-hydrogen) atoms. The van der Waals surface area contributed by atoms with Crippen LogP contribution in [0.3, 0.4) is 0 Å². The van der Waals surface area contributed by atoms with Crippen molar-refractivity contribution >= 4 is 0 Å². The summed E-state index contributed by atoms with van der Waals surface area (Å²) < 4.78 is 19.1. The monoisotopic (exact) mass is 260 g/mol. The van der Waals surface area contributed by atoms with Crippen molar-refractivity contribution in [2.75, 3.05) is 0 Å². The van der Waals surface area contributed by atoms with Crippen molar-refractivity contribution in [3.63, 3.8) is 0 Å². The number of rotatable bonds is 5. The van der Waals surface area contributed by atoms with Crippen LogP contribution in [0.25, 0.3) is 0 Å². The van der Waals surface area contributed by atoms with Gasteiger partial charge in [0.05, 0.1) is 6.10 Å². The largest absolute Gasteiger partial charge is 0.488 e. The molecule has 2 aromatic carbocycles. The molecule has 1 unspecified atom stereocenters. The third-order valence-electron chi connectivity index (χ3n) is 3.01. The van der Waals surface area contributed by atoms with E-state index < -0.39 is 6.10 Å². The smallest absolute Gasteiger partial charge is 0.129 e. The molecule has 100 valence electrons. The molecule has 1 atom stereocenters. The van der Waals surface area contributed by atoms with E-state index in [0.29, 0.717) is 17.7 Å². The van der Waals surface area contributed by atoms with Gasteiger partial charge in [-0.05, 0) is 18.6 Å². The summed E-state index contributed by atoms with van der Waals surface area (Å²) in [6.07, 6.45) is 0.0527. The average molecular weight is 260 g/mol. The molecule has 0 fully saturated rings. The molecule has 0 saturated carbocycles. The minimum Gasteiger partial charge on any atom is -0.488 e. The quantitative estimate of drug-likeness (QED) is 0.884. The summed E-state index contributed by atoms with van der Waals surface area (Å²) >= 11 is 0. The molecule has 0 spiro atoms. The van der Waals surface area contributed by atoms with Gasteiger partial charge in [-0.1, -0.05) is 43.3 Å². The van der Waals surface area contributed by atoms with Crippen molar-refractivity contribution in [2.45, 2.75) is 26.1 Å². The molecule has 2 aromatic rings. The van der Waals surface area contributed by atoms with E-state index in [1.165, 1.54) is 6.07 Å². The van der Waals surface area contributed by atoms with Gasteiger partial charge in [0.15, 0.2) is 0 Å². The minimum atomic E-state index is -0.558. The van der Waals surface area contributed by atoms with E-state index in [4.69, 9.17) is 4.74 Å². The fraction of sp³-hybridized carbons (Fsp3) is 0.250. The van der Waals surface area contributed by atoms with Gasteiger partial charge in [0.2, 0.25) is 0 Å². The summed E-state index contributed by atoms with van der Waals surface area (Å²) in [5, 5.41) is 9.91. The van der Waals surface area contributed by atoms with Gasteiger partial charge >= 0.3 is 0 Å². The molecule has 1 N–H and O–H groups in total. The van der Waals surface area contributed by atoms with E-state index in [9.17, 15) is 9.50 Å². The number of benzene rings is 2. The number of halogens is 1. The maximum absolute atomic E-state index is 13.5. The molecular weight excluding hydrogens is 243 g/mol. The van der Waals surface area contributed by atoms with Gasteiger partial charge in [-0.2, -0.15) is 0 Å². The lowest BCUT2D eigenvalue weighted by molar-refractivity contribution is 0.166. The Kier molecular flexibility index (Phi) is 4.53. The maximum atomic E-state index is 13.5. The Balaban J connectivity index is 2.14. The lowest BCUT2D eigenvalue weighted by Gasteiger charge is -2.15. The zero-order valence-electron chi connectivity index (χ0n) is 10.8. The second-order valence-electron chi connectivity index (χ2n) is 4.34. The number of aliphatic hydroxyl groups excluding tert-OH is 1. The van der Waals surface area contributed by atoms with Gasteiger partial charge in [-0.25, -0.2) is 4.39 Å². The Morgan fingerprint density at radius 3 is 2.53 bits per heavy atom. The van der Waals surface area contributed by atoms with Crippen LogP contribution in [0.15, 0.2) is 48.5 Å². The van der Waals surface area contributed by atoms with Gasteiger partial charge in [0.25, 0.3) is 0 Å². The second-order valence-corrected chi connectivity index (χ2v) is 4.34. The zero-order chi connectivity index (χ0) is 13.7. The number of ether oxygens (including phenoxy) is 1. The molecular formula is C16H17FO2. The highest BCUT2D eigenvalue weighted by Gasteiger charge is 2.11. The first-order chi connectivity index (χ1) is 9.22. The van der Waals surface area contributed by atoms with E-state index >= 15 is 0 Å². The zero-order valence-corrected chi connectivity index (χ0v) is 10.8. The maximum Gasteiger partial charge on any atom is 0.129 e. The van der Waals surface area contributed by atoms with Crippen LogP contribution in [0.2, 0.25) is 0 Å². The Morgan fingerprint density at radius 1 is 1.11 bits per heavy atom. The Bertz CT molecular complexity index is 540. The van der Waals surface area contributed by atoms with Crippen LogP contribution in [0, 0.1) is 5.82 Å². The predicted octanol–water partition coefficient (Wildman–Crippen LogP) is 3.85. The molecule has 0 radical (unpaired) electrons. The van der Waals surface area contributed by atoms with E-state index in [-0.39, 0.29) is 12.4 Å². The fourth-order valence-corrected chi connectivity index (χ4v) is 1.88. The molecule has 3 heteroatoms. The van der Waals surface area contributed by atoms with E-state index in [0.717, 1.165) is 5.56 Å². The Hall–Kier alpha value is -1.87. The Labute approximate surface area is 112 Å². The molecule has 0 amide bonds. The first-order valence-corrected chi connectivity index (χ1v) is 6.35. The number of hydrogen-bond acceptors (Lipinski definition) is 2. The summed E-state index contributed by atoms with van der Waals surface area (Å²) in [5.74, 6) is 0.316. The third-order valence-corrected chi connectivity index (χ3v) is 3.01. The lowest BCUT2D eigenvalue weighted by atomic mass is 10.1. The molecule has 0 aliphatic carbocycles. The first-order valence-electron chi connectivity index (χ1n) is 6.35. The van der Waals surface area contributed by atoms with Crippen molar-refractivity contribution in [3.8, 4) is 5.75 Å². The van der Waals surface area contributed by atoms with Gasteiger partial charge < -0.3 is 9.84 Å². The average Bonchev–Trinajstić information content (AvgIpc) is 2.46. The molecule has 2 rings (SSSR count). The summed E-state index contributed by atoms with van der Waals surface area (Å²) in [6, 6.07) is 13.8. The molecule has 0 aliphatic rings. The summed E-state index contributed by atoms with van der Waals surface area (Å²) in [7, 11) is 0. The van der Waals surface area contributed by atoms with Crippen LogP contribution in [0.5, 0.6) is 5.75 Å². The topological polar surface area (TPSA) is 29.5 Å². The van der Waals surface area contributed by atoms with Crippen molar-refractivity contribution in [1.29, 1.82) is 0 Å². The van der Waals surface area contributed by atoms with Crippen molar-refractivity contribution in [1.82, 2.24) is 0 Å². The fourth-order valence-electron chi connectivity index (χ4n) is 1.88. The minimum absolute atomic E-state index is 0.153. The van der Waals surface area contributed by atoms with Crippen LogP contribution in [0.4, 0.5) is 4.39 Å². The molecule has 0 heterocycles. The number of aliphatic hydroxyl groups is 1. The van der Waals surface area contributed by atoms with Crippen molar-refractivity contribution in [3.05, 3.63) is 65.5 Å². The van der Waals surface area contributed by atoms with Gasteiger partial charge in [-0.3, -0.25) is 0 Å². The molecule has 0 aliphatic heterocycles. The highest BCUT2D eigenvalue weighted by Crippen LogP contribution is 2.27. The highest BCUT2D eigenvalue weighted by molar-refractivity contribution is 5.35. The normalized spacial score (nSPS) is 12.2. The van der Waals surface area contributed by atoms with Gasteiger partial charge in [-0.15, -0.1) is 0 Å². The molecule has 0 aromatic heterocycles. The van der Waals surface area contributed by atoms with Gasteiger partial charge in [0.1, 0.15) is 18.2 Å². The number of para-hydroxylation sites is 1. The highest BCUT2D eigenvalue weighted by atomic mass is 19.1. The SMILES string of the molecule is CCC(O)c1ccccc1OCc1ccccc1F. The standard InChI is InChI=1S/C16H17FO2/c1-2-15(18)13-8-4-6-10-16(13)19-11-12-7-3-5-9-14(12)17/h3-10,15,18H,2,11H2,1H3. The van der Waals surface area contributed by atoms with E-state index in [2.05, 4.69) is 0 Å². The summed E-state index contributed by atoms with van der Waals surface area (Å²) in [4.78, 5) is 0. The lowest BCUT2D eigenvalue weighted by Crippen LogP contribution is -2.03. The van der Waals surface area contributed by atoms with Crippen LogP contribution < -0.4 is 4.74 Å². The van der Waals surface area contributed by atoms with Crippen molar-refractivity contribution in [2.24, 2.45) is 0 Å². The van der Waals surface area contributed by atoms with Crippen LogP contribution in [0.1, 0.15) is 30.6 Å². The number of hydrogen-bond donors (Lipinski definition) is 1. The summed E-state index contributed by atoms with van der Waals surface area (Å²) in [6.45, 7) is 2.05. The molecule has 2 nitrogen and oxygen atoms in total. The second kappa shape index (κ2) is 6.34.